The lowest BCUT2D eigenvalue weighted by Gasteiger charge is -2.40. The molecule has 32 heavy (non-hydrogen) atoms. The third-order valence-electron chi connectivity index (χ3n) is 6.37. The first-order chi connectivity index (χ1) is 15.2. The minimum absolute atomic E-state index is 0.234. The zero-order valence-corrected chi connectivity index (χ0v) is 19.1. The Bertz CT molecular complexity index is 961. The Morgan fingerprint density at radius 2 is 1.81 bits per heavy atom. The molecule has 0 spiro atoms. The lowest BCUT2D eigenvalue weighted by molar-refractivity contribution is -0.231. The molecule has 2 aromatic rings. The van der Waals surface area contributed by atoms with Crippen LogP contribution >= 0.6 is 0 Å². The largest absolute Gasteiger partial charge is 0.484 e. The SMILES string of the molecule is CCc1ccc([C@@H]2O[C@H](NC)[C@@H](O)[C@H](O)[C@H]2O)cc1Cc1ccc2c(c1)NCC(C)(C)O2. The van der Waals surface area contributed by atoms with Crippen molar-refractivity contribution < 1.29 is 24.8 Å². The normalized spacial score (nSPS) is 29.0. The molecule has 7 nitrogen and oxygen atoms in total. The molecular weight excluding hydrogens is 408 g/mol. The second-order valence-corrected chi connectivity index (χ2v) is 9.34. The highest BCUT2D eigenvalue weighted by molar-refractivity contribution is 5.60. The van der Waals surface area contributed by atoms with Crippen LogP contribution in [0.4, 0.5) is 5.69 Å². The monoisotopic (exact) mass is 442 g/mol. The van der Waals surface area contributed by atoms with Crippen LogP contribution in [0.3, 0.4) is 0 Å². The summed E-state index contributed by atoms with van der Waals surface area (Å²) < 4.78 is 12.0. The van der Waals surface area contributed by atoms with E-state index in [1.807, 2.05) is 18.2 Å². The number of rotatable bonds is 5. The van der Waals surface area contributed by atoms with Crippen LogP contribution in [0, 0.1) is 0 Å². The lowest BCUT2D eigenvalue weighted by Crippen LogP contribution is -2.58. The van der Waals surface area contributed by atoms with Crippen LogP contribution in [0.1, 0.15) is 49.1 Å². The van der Waals surface area contributed by atoms with Crippen molar-refractivity contribution in [3.8, 4) is 5.75 Å². The van der Waals surface area contributed by atoms with Crippen LogP contribution in [-0.2, 0) is 17.6 Å². The van der Waals surface area contributed by atoms with Crippen LogP contribution in [0.25, 0.3) is 0 Å². The van der Waals surface area contributed by atoms with Crippen molar-refractivity contribution in [2.24, 2.45) is 0 Å². The fourth-order valence-electron chi connectivity index (χ4n) is 4.50. The van der Waals surface area contributed by atoms with Crippen LogP contribution < -0.4 is 15.4 Å². The first kappa shape index (κ1) is 23.0. The molecule has 7 heteroatoms. The van der Waals surface area contributed by atoms with Gasteiger partial charge in [0.15, 0.2) is 0 Å². The number of aryl methyl sites for hydroxylation is 1. The fraction of sp³-hybridized carbons (Fsp3) is 0.520. The fourth-order valence-corrected chi connectivity index (χ4v) is 4.50. The molecule has 0 aromatic heterocycles. The van der Waals surface area contributed by atoms with Crippen molar-refractivity contribution in [3.05, 3.63) is 58.7 Å². The van der Waals surface area contributed by atoms with Gasteiger partial charge in [0.2, 0.25) is 0 Å². The lowest BCUT2D eigenvalue weighted by atomic mass is 9.89. The van der Waals surface area contributed by atoms with Crippen molar-refractivity contribution >= 4 is 5.69 Å². The Labute approximate surface area is 189 Å². The summed E-state index contributed by atoms with van der Waals surface area (Å²) in [6, 6.07) is 12.2. The molecule has 0 bridgehead atoms. The van der Waals surface area contributed by atoms with Gasteiger partial charge in [-0.05, 0) is 68.1 Å². The molecule has 0 radical (unpaired) electrons. The Balaban J connectivity index is 1.61. The summed E-state index contributed by atoms with van der Waals surface area (Å²) in [6.07, 6.45) is -3.61. The van der Waals surface area contributed by atoms with Gasteiger partial charge in [-0.25, -0.2) is 0 Å². The number of aliphatic hydroxyl groups excluding tert-OH is 3. The van der Waals surface area contributed by atoms with Crippen molar-refractivity contribution in [2.45, 2.75) is 69.9 Å². The molecule has 174 valence electrons. The van der Waals surface area contributed by atoms with Gasteiger partial charge in [-0.1, -0.05) is 31.2 Å². The van der Waals surface area contributed by atoms with Gasteiger partial charge in [0, 0.05) is 0 Å². The van der Waals surface area contributed by atoms with Gasteiger partial charge in [-0.15, -0.1) is 0 Å². The molecule has 1 fully saturated rings. The van der Waals surface area contributed by atoms with E-state index in [2.05, 4.69) is 49.6 Å². The summed E-state index contributed by atoms with van der Waals surface area (Å²) in [5.74, 6) is 0.860. The predicted molar refractivity (Wildman–Crippen MR) is 123 cm³/mol. The standard InChI is InChI=1S/C25H34N2O5/c1-5-15-7-8-16(23-21(29)20(28)22(30)24(26-4)31-23)12-17(15)10-14-6-9-19-18(11-14)27-13-25(2,3)32-19/h6-9,11-12,20-24,26-30H,5,10,13H2,1-4H3/t20-,21-,22+,23+,24+/m1/s1. The Hall–Kier alpha value is -2.16. The van der Waals surface area contributed by atoms with Gasteiger partial charge >= 0.3 is 0 Å². The van der Waals surface area contributed by atoms with E-state index in [0.717, 1.165) is 47.5 Å². The first-order valence-electron chi connectivity index (χ1n) is 11.3. The number of hydrogen-bond donors (Lipinski definition) is 5. The topological polar surface area (TPSA) is 103 Å². The van der Waals surface area contributed by atoms with E-state index in [-0.39, 0.29) is 5.60 Å². The quantitative estimate of drug-likeness (QED) is 0.483. The molecule has 0 unspecified atom stereocenters. The van der Waals surface area contributed by atoms with Gasteiger partial charge in [0.05, 0.1) is 12.2 Å². The first-order valence-corrected chi connectivity index (χ1v) is 11.3. The molecule has 0 aliphatic carbocycles. The molecule has 2 heterocycles. The Morgan fingerprint density at radius 3 is 2.53 bits per heavy atom. The number of nitrogens with one attached hydrogen (secondary N) is 2. The van der Waals surface area contributed by atoms with E-state index in [1.54, 1.807) is 7.05 Å². The zero-order chi connectivity index (χ0) is 23.0. The van der Waals surface area contributed by atoms with Gasteiger partial charge < -0.3 is 30.1 Å². The zero-order valence-electron chi connectivity index (χ0n) is 19.1. The number of likely N-dealkylation sites (N-methyl/N-ethyl adjacent to an activating group) is 1. The van der Waals surface area contributed by atoms with Crippen molar-refractivity contribution in [1.82, 2.24) is 5.32 Å². The minimum Gasteiger partial charge on any atom is -0.484 e. The number of anilines is 1. The average molecular weight is 443 g/mol. The van der Waals surface area contributed by atoms with E-state index >= 15 is 0 Å². The molecule has 2 aromatic carbocycles. The third-order valence-corrected chi connectivity index (χ3v) is 6.37. The van der Waals surface area contributed by atoms with E-state index in [9.17, 15) is 15.3 Å². The molecule has 5 atom stereocenters. The summed E-state index contributed by atoms with van der Waals surface area (Å²) in [6.45, 7) is 6.99. The van der Waals surface area contributed by atoms with Crippen molar-refractivity contribution in [1.29, 1.82) is 0 Å². The van der Waals surface area contributed by atoms with Gasteiger partial charge in [-0.3, -0.25) is 5.32 Å². The highest BCUT2D eigenvalue weighted by Gasteiger charge is 2.43. The molecule has 2 aliphatic rings. The summed E-state index contributed by atoms with van der Waals surface area (Å²) in [7, 11) is 1.65. The maximum atomic E-state index is 10.6. The number of benzene rings is 2. The molecule has 5 N–H and O–H groups in total. The molecule has 1 saturated heterocycles. The highest BCUT2D eigenvalue weighted by Crippen LogP contribution is 2.36. The van der Waals surface area contributed by atoms with E-state index in [1.165, 1.54) is 5.56 Å². The van der Waals surface area contributed by atoms with Crippen LogP contribution in [0.5, 0.6) is 5.75 Å². The minimum atomic E-state index is -1.29. The second kappa shape index (κ2) is 9.00. The summed E-state index contributed by atoms with van der Waals surface area (Å²) in [5.41, 5.74) is 5.04. The molecule has 0 amide bonds. The summed E-state index contributed by atoms with van der Waals surface area (Å²) in [5, 5.41) is 37.3. The maximum Gasteiger partial charge on any atom is 0.143 e. The van der Waals surface area contributed by atoms with E-state index in [0.29, 0.717) is 0 Å². The summed E-state index contributed by atoms with van der Waals surface area (Å²) in [4.78, 5) is 0. The highest BCUT2D eigenvalue weighted by atomic mass is 16.5. The number of fused-ring (bicyclic) bond motifs is 1. The molecular formula is C25H34N2O5. The van der Waals surface area contributed by atoms with Gasteiger partial charge in [0.25, 0.3) is 0 Å². The van der Waals surface area contributed by atoms with E-state index in [4.69, 9.17) is 9.47 Å². The van der Waals surface area contributed by atoms with Crippen molar-refractivity contribution in [2.75, 3.05) is 18.9 Å². The molecule has 4 rings (SSSR count). The number of aliphatic hydroxyl groups is 3. The van der Waals surface area contributed by atoms with Crippen LogP contribution in [0.15, 0.2) is 36.4 Å². The maximum absolute atomic E-state index is 10.6. The molecule has 2 aliphatic heterocycles. The van der Waals surface area contributed by atoms with Crippen molar-refractivity contribution in [3.63, 3.8) is 0 Å². The van der Waals surface area contributed by atoms with E-state index < -0.39 is 30.6 Å². The number of hydrogen-bond acceptors (Lipinski definition) is 7. The molecule has 0 saturated carbocycles. The average Bonchev–Trinajstić information content (AvgIpc) is 2.77. The van der Waals surface area contributed by atoms with Crippen LogP contribution in [-0.4, -0.2) is 59.1 Å². The second-order valence-electron chi connectivity index (χ2n) is 9.34. The summed E-state index contributed by atoms with van der Waals surface area (Å²) >= 11 is 0. The Kier molecular flexibility index (Phi) is 6.47. The predicted octanol–water partition coefficient (Wildman–Crippen LogP) is 2.12. The van der Waals surface area contributed by atoms with Gasteiger partial charge in [0.1, 0.15) is 42.0 Å². The van der Waals surface area contributed by atoms with Crippen LogP contribution in [0.2, 0.25) is 0 Å². The number of ether oxygens (including phenoxy) is 2. The smallest absolute Gasteiger partial charge is 0.143 e. The van der Waals surface area contributed by atoms with Gasteiger partial charge in [-0.2, -0.15) is 0 Å². The third kappa shape index (κ3) is 4.49. The Morgan fingerprint density at radius 1 is 1.03 bits per heavy atom.